The van der Waals surface area contributed by atoms with E-state index in [9.17, 15) is 5.11 Å². The fraction of sp³-hybridized carbons (Fsp3) is 0.286. The number of benzene rings is 2. The second kappa shape index (κ2) is 11.0. The summed E-state index contributed by atoms with van der Waals surface area (Å²) >= 11 is 12.0. The molecular formula is C21H24Cl2N6O. The van der Waals surface area contributed by atoms with Crippen LogP contribution in [-0.4, -0.2) is 38.9 Å². The summed E-state index contributed by atoms with van der Waals surface area (Å²) in [5.74, 6) is 0.617. The Labute approximate surface area is 185 Å². The van der Waals surface area contributed by atoms with E-state index in [1.54, 1.807) is 29.2 Å². The molecule has 3 aromatic rings. The van der Waals surface area contributed by atoms with Gasteiger partial charge in [-0.25, -0.2) is 14.7 Å². The number of guanidine groups is 1. The van der Waals surface area contributed by atoms with Gasteiger partial charge in [0, 0.05) is 23.1 Å². The lowest BCUT2D eigenvalue weighted by Crippen LogP contribution is -2.39. The third-order valence-corrected chi connectivity index (χ3v) is 4.74. The van der Waals surface area contributed by atoms with Crippen LogP contribution in [0.3, 0.4) is 0 Å². The number of aliphatic hydroxyl groups is 1. The third kappa shape index (κ3) is 6.73. The van der Waals surface area contributed by atoms with Crippen LogP contribution in [0, 0.1) is 0 Å². The zero-order valence-electron chi connectivity index (χ0n) is 16.6. The molecule has 1 aromatic heterocycles. The molecular weight excluding hydrogens is 423 g/mol. The number of hydrogen-bond acceptors (Lipinski definition) is 4. The number of halogens is 2. The van der Waals surface area contributed by atoms with Gasteiger partial charge in [-0.15, -0.1) is 0 Å². The first kappa shape index (κ1) is 22.1. The zero-order valence-corrected chi connectivity index (χ0v) is 18.1. The highest BCUT2D eigenvalue weighted by atomic mass is 35.5. The van der Waals surface area contributed by atoms with Crippen LogP contribution in [0.15, 0.2) is 60.1 Å². The smallest absolute Gasteiger partial charge is 0.191 e. The standard InChI is InChI=1S/C21H24Cl2N6O/c1-2-25-21(27-11-20(30)17-7-18(22)9-19(23)8-17)26-10-15-4-3-5-16(6-15)12-29-14-24-13-28-29/h3-9,13-14,20,30H,2,10-12H2,1H3,(H2,25,26,27). The Kier molecular flexibility index (Phi) is 8.07. The molecule has 9 heteroatoms. The first-order chi connectivity index (χ1) is 14.5. The number of aromatic nitrogens is 3. The van der Waals surface area contributed by atoms with Gasteiger partial charge in [0.2, 0.25) is 0 Å². The molecule has 0 spiro atoms. The largest absolute Gasteiger partial charge is 0.387 e. The monoisotopic (exact) mass is 446 g/mol. The maximum absolute atomic E-state index is 10.5. The van der Waals surface area contributed by atoms with Crippen LogP contribution in [0.1, 0.15) is 29.7 Å². The van der Waals surface area contributed by atoms with E-state index in [0.29, 0.717) is 41.2 Å². The quantitative estimate of drug-likeness (QED) is 0.364. The minimum atomic E-state index is -0.768. The van der Waals surface area contributed by atoms with Gasteiger partial charge in [0.1, 0.15) is 12.7 Å². The van der Waals surface area contributed by atoms with Crippen LogP contribution in [-0.2, 0) is 13.1 Å². The predicted molar refractivity (Wildman–Crippen MR) is 120 cm³/mol. The van der Waals surface area contributed by atoms with Gasteiger partial charge in [0.05, 0.1) is 19.2 Å². The molecule has 2 aromatic carbocycles. The van der Waals surface area contributed by atoms with Crippen molar-refractivity contribution in [3.05, 3.63) is 81.9 Å². The summed E-state index contributed by atoms with van der Waals surface area (Å²) < 4.78 is 1.78. The average molecular weight is 447 g/mol. The number of rotatable bonds is 8. The van der Waals surface area contributed by atoms with E-state index in [1.165, 1.54) is 6.33 Å². The predicted octanol–water partition coefficient (Wildman–Crippen LogP) is 3.42. The van der Waals surface area contributed by atoms with E-state index in [4.69, 9.17) is 23.2 Å². The Morgan fingerprint density at radius 3 is 2.60 bits per heavy atom. The fourth-order valence-corrected chi connectivity index (χ4v) is 3.46. The molecule has 0 aliphatic rings. The lowest BCUT2D eigenvalue weighted by Gasteiger charge is -2.16. The number of nitrogens with one attached hydrogen (secondary N) is 2. The Morgan fingerprint density at radius 1 is 1.13 bits per heavy atom. The average Bonchev–Trinajstić information content (AvgIpc) is 3.22. The molecule has 0 saturated heterocycles. The summed E-state index contributed by atoms with van der Waals surface area (Å²) in [5.41, 5.74) is 2.85. The van der Waals surface area contributed by atoms with Gasteiger partial charge in [0.15, 0.2) is 5.96 Å². The van der Waals surface area contributed by atoms with Gasteiger partial charge in [-0.2, -0.15) is 5.10 Å². The van der Waals surface area contributed by atoms with E-state index in [-0.39, 0.29) is 6.54 Å². The van der Waals surface area contributed by atoms with Crippen LogP contribution in [0.2, 0.25) is 10.0 Å². The molecule has 7 nitrogen and oxygen atoms in total. The van der Waals surface area contributed by atoms with Crippen molar-refractivity contribution in [3.8, 4) is 0 Å². The molecule has 0 saturated carbocycles. The normalized spacial score (nSPS) is 12.6. The maximum Gasteiger partial charge on any atom is 0.191 e. The lowest BCUT2D eigenvalue weighted by molar-refractivity contribution is 0.181. The first-order valence-electron chi connectivity index (χ1n) is 9.60. The van der Waals surface area contributed by atoms with Gasteiger partial charge in [-0.1, -0.05) is 47.5 Å². The van der Waals surface area contributed by atoms with Crippen molar-refractivity contribution in [2.45, 2.75) is 26.1 Å². The summed E-state index contributed by atoms with van der Waals surface area (Å²) in [6.45, 7) is 4.12. The van der Waals surface area contributed by atoms with Crippen molar-refractivity contribution in [3.63, 3.8) is 0 Å². The van der Waals surface area contributed by atoms with Gasteiger partial charge in [0.25, 0.3) is 0 Å². The summed E-state index contributed by atoms with van der Waals surface area (Å²) in [4.78, 5) is 8.58. The number of hydrogen-bond donors (Lipinski definition) is 3. The van der Waals surface area contributed by atoms with Crippen molar-refractivity contribution in [1.82, 2.24) is 25.4 Å². The lowest BCUT2D eigenvalue weighted by atomic mass is 10.1. The summed E-state index contributed by atoms with van der Waals surface area (Å²) in [6.07, 6.45) is 2.45. The molecule has 0 amide bonds. The summed E-state index contributed by atoms with van der Waals surface area (Å²) in [5, 5.41) is 21.9. The molecule has 3 rings (SSSR count). The Hall–Kier alpha value is -2.61. The summed E-state index contributed by atoms with van der Waals surface area (Å²) in [7, 11) is 0. The fourth-order valence-electron chi connectivity index (χ4n) is 2.92. The van der Waals surface area contributed by atoms with E-state index in [2.05, 4.69) is 31.8 Å². The molecule has 0 aliphatic heterocycles. The second-order valence-electron chi connectivity index (χ2n) is 6.71. The molecule has 0 aliphatic carbocycles. The van der Waals surface area contributed by atoms with Crippen molar-refractivity contribution < 1.29 is 5.11 Å². The summed E-state index contributed by atoms with van der Waals surface area (Å²) in [6, 6.07) is 13.2. The van der Waals surface area contributed by atoms with E-state index >= 15 is 0 Å². The van der Waals surface area contributed by atoms with Crippen molar-refractivity contribution in [1.29, 1.82) is 0 Å². The second-order valence-corrected chi connectivity index (χ2v) is 7.58. The molecule has 1 unspecified atom stereocenters. The van der Waals surface area contributed by atoms with Crippen molar-refractivity contribution >= 4 is 29.2 Å². The SMILES string of the molecule is CCNC(=NCc1cccc(Cn2cncn2)c1)NCC(O)c1cc(Cl)cc(Cl)c1. The minimum absolute atomic E-state index is 0.273. The van der Waals surface area contributed by atoms with Crippen LogP contribution in [0.4, 0.5) is 0 Å². The highest BCUT2D eigenvalue weighted by Crippen LogP contribution is 2.23. The molecule has 1 atom stereocenters. The number of aliphatic imine (C=N–C) groups is 1. The van der Waals surface area contributed by atoms with E-state index < -0.39 is 6.10 Å². The molecule has 30 heavy (non-hydrogen) atoms. The Morgan fingerprint density at radius 2 is 1.90 bits per heavy atom. The number of nitrogens with zero attached hydrogens (tertiary/aromatic N) is 4. The van der Waals surface area contributed by atoms with E-state index in [1.807, 2.05) is 25.1 Å². The highest BCUT2D eigenvalue weighted by molar-refractivity contribution is 6.34. The number of aliphatic hydroxyl groups excluding tert-OH is 1. The maximum atomic E-state index is 10.5. The molecule has 1 heterocycles. The Bertz CT molecular complexity index is 957. The van der Waals surface area contributed by atoms with Crippen LogP contribution < -0.4 is 10.6 Å². The van der Waals surface area contributed by atoms with E-state index in [0.717, 1.165) is 11.1 Å². The zero-order chi connectivity index (χ0) is 21.3. The topological polar surface area (TPSA) is 87.4 Å². The highest BCUT2D eigenvalue weighted by Gasteiger charge is 2.10. The molecule has 0 fully saturated rings. The van der Waals surface area contributed by atoms with Crippen molar-refractivity contribution in [2.24, 2.45) is 4.99 Å². The molecule has 0 bridgehead atoms. The van der Waals surface area contributed by atoms with Crippen LogP contribution >= 0.6 is 23.2 Å². The van der Waals surface area contributed by atoms with Crippen LogP contribution in [0.25, 0.3) is 0 Å². The Balaban J connectivity index is 1.61. The van der Waals surface area contributed by atoms with Crippen LogP contribution in [0.5, 0.6) is 0 Å². The van der Waals surface area contributed by atoms with Crippen molar-refractivity contribution in [2.75, 3.05) is 13.1 Å². The molecule has 0 radical (unpaired) electrons. The third-order valence-electron chi connectivity index (χ3n) is 4.30. The van der Waals surface area contributed by atoms with Gasteiger partial charge in [-0.05, 0) is 41.8 Å². The first-order valence-corrected chi connectivity index (χ1v) is 10.4. The van der Waals surface area contributed by atoms with Gasteiger partial charge < -0.3 is 15.7 Å². The minimum Gasteiger partial charge on any atom is -0.387 e. The van der Waals surface area contributed by atoms with Gasteiger partial charge >= 0.3 is 0 Å². The molecule has 158 valence electrons. The molecule has 3 N–H and O–H groups in total. The van der Waals surface area contributed by atoms with Gasteiger partial charge in [-0.3, -0.25) is 0 Å².